The van der Waals surface area contributed by atoms with Crippen LogP contribution in [-0.2, 0) is 0 Å². The van der Waals surface area contributed by atoms with Crippen molar-refractivity contribution in [3.05, 3.63) is 255 Å². The van der Waals surface area contributed by atoms with E-state index in [1.807, 2.05) is 0 Å². The Morgan fingerprint density at radius 3 is 0.806 bits per heavy atom. The number of fused-ring (bicyclic) bond motifs is 2. The molecule has 0 bridgehead atoms. The molecule has 0 nitrogen and oxygen atoms in total. The Hall–Kier alpha value is -8.06. The lowest BCUT2D eigenvalue weighted by atomic mass is 9.82. The van der Waals surface area contributed by atoms with E-state index in [2.05, 4.69) is 255 Å². The summed E-state index contributed by atoms with van der Waals surface area (Å²) < 4.78 is 0. The van der Waals surface area contributed by atoms with Gasteiger partial charge in [-0.05, 0) is 153 Å². The first-order chi connectivity index (χ1) is 30.7. The molecule has 290 valence electrons. The van der Waals surface area contributed by atoms with Crippen molar-refractivity contribution in [2.45, 2.75) is 0 Å². The summed E-state index contributed by atoms with van der Waals surface area (Å²) in [6.45, 7) is 0. The quantitative estimate of drug-likeness (QED) is 0.135. The van der Waals surface area contributed by atoms with E-state index in [0.29, 0.717) is 0 Å². The summed E-state index contributed by atoms with van der Waals surface area (Å²) in [5.41, 5.74) is 19.2. The molecular weight excluding hydrogens is 745 g/mol. The Morgan fingerprint density at radius 2 is 0.435 bits per heavy atom. The normalized spacial score (nSPS) is 11.2. The fraction of sp³-hybridized carbons (Fsp3) is 0. The summed E-state index contributed by atoms with van der Waals surface area (Å²) >= 11 is 0. The van der Waals surface area contributed by atoms with Crippen molar-refractivity contribution in [1.29, 1.82) is 0 Å². The molecule has 11 rings (SSSR count). The zero-order chi connectivity index (χ0) is 41.2. The van der Waals surface area contributed by atoms with Crippen molar-refractivity contribution in [1.82, 2.24) is 0 Å². The van der Waals surface area contributed by atoms with Crippen molar-refractivity contribution in [2.24, 2.45) is 0 Å². The van der Waals surface area contributed by atoms with Crippen molar-refractivity contribution >= 4 is 21.5 Å². The Morgan fingerprint density at radius 1 is 0.145 bits per heavy atom. The Bertz CT molecular complexity index is 3180. The molecule has 0 saturated heterocycles. The predicted molar refractivity (Wildman–Crippen MR) is 265 cm³/mol. The molecule has 11 aromatic carbocycles. The lowest BCUT2D eigenvalue weighted by Gasteiger charge is -2.21. The Labute approximate surface area is 363 Å². The van der Waals surface area contributed by atoms with Crippen LogP contribution in [0.1, 0.15) is 0 Å². The second-order valence-electron chi connectivity index (χ2n) is 16.0. The second-order valence-corrected chi connectivity index (χ2v) is 16.0. The minimum Gasteiger partial charge on any atom is -0.0622 e. The maximum Gasteiger partial charge on any atom is -0.00199 e. The second kappa shape index (κ2) is 16.2. The molecule has 0 unspecified atom stereocenters. The summed E-state index contributed by atoms with van der Waals surface area (Å²) in [5, 5.41) is 4.94. The maximum absolute atomic E-state index is 2.46. The molecule has 0 aromatic heterocycles. The SMILES string of the molecule is c1ccc(-c2cc(-c3ccccc3)cc(-c3ccc(-c4cc(-c5ccccc5)cc(-c5ccccc5)c4)c(-c4c5ccccc5c(-c5ccccc5)c5ccccc45)c3)c2)cc1. The minimum absolute atomic E-state index is 1.17. The van der Waals surface area contributed by atoms with Gasteiger partial charge in [0.1, 0.15) is 0 Å². The maximum atomic E-state index is 2.46. The smallest absolute Gasteiger partial charge is 0.00199 e. The number of benzene rings is 11. The third-order valence-electron chi connectivity index (χ3n) is 12.2. The van der Waals surface area contributed by atoms with E-state index in [4.69, 9.17) is 0 Å². The molecule has 0 radical (unpaired) electrons. The van der Waals surface area contributed by atoms with Crippen molar-refractivity contribution in [3.63, 3.8) is 0 Å². The summed E-state index contributed by atoms with van der Waals surface area (Å²) in [4.78, 5) is 0. The lowest BCUT2D eigenvalue weighted by Crippen LogP contribution is -1.94. The van der Waals surface area contributed by atoms with Crippen molar-refractivity contribution in [2.75, 3.05) is 0 Å². The van der Waals surface area contributed by atoms with Crippen LogP contribution in [0.25, 0.3) is 111 Å². The van der Waals surface area contributed by atoms with E-state index < -0.39 is 0 Å². The van der Waals surface area contributed by atoms with Crippen molar-refractivity contribution < 1.29 is 0 Å². The first-order valence-corrected chi connectivity index (χ1v) is 21.4. The van der Waals surface area contributed by atoms with Crippen LogP contribution in [0.3, 0.4) is 0 Å². The minimum atomic E-state index is 1.17. The molecule has 0 N–H and O–H groups in total. The molecule has 0 saturated carbocycles. The van der Waals surface area contributed by atoms with Crippen LogP contribution in [0, 0.1) is 0 Å². The van der Waals surface area contributed by atoms with E-state index in [1.165, 1.54) is 111 Å². The average molecular weight is 787 g/mol. The van der Waals surface area contributed by atoms with Crippen LogP contribution in [0.5, 0.6) is 0 Å². The van der Waals surface area contributed by atoms with Gasteiger partial charge in [0.05, 0.1) is 0 Å². The predicted octanol–water partition coefficient (Wildman–Crippen LogP) is 17.3. The molecule has 0 heterocycles. The fourth-order valence-electron chi connectivity index (χ4n) is 9.28. The first kappa shape index (κ1) is 37.0. The van der Waals surface area contributed by atoms with Gasteiger partial charge in [-0.25, -0.2) is 0 Å². The van der Waals surface area contributed by atoms with Gasteiger partial charge < -0.3 is 0 Å². The Balaban J connectivity index is 1.23. The van der Waals surface area contributed by atoms with Crippen molar-refractivity contribution in [3.8, 4) is 89.0 Å². The van der Waals surface area contributed by atoms with Crippen LogP contribution >= 0.6 is 0 Å². The van der Waals surface area contributed by atoms with E-state index in [9.17, 15) is 0 Å². The Kier molecular flexibility index (Phi) is 9.65. The molecule has 62 heavy (non-hydrogen) atoms. The summed E-state index contributed by atoms with van der Waals surface area (Å²) in [5.74, 6) is 0. The molecule has 0 amide bonds. The highest BCUT2D eigenvalue weighted by atomic mass is 14.2. The summed E-state index contributed by atoms with van der Waals surface area (Å²) in [6.07, 6.45) is 0. The van der Waals surface area contributed by atoms with E-state index in [1.54, 1.807) is 0 Å². The van der Waals surface area contributed by atoms with Gasteiger partial charge in [0.15, 0.2) is 0 Å². The highest BCUT2D eigenvalue weighted by molar-refractivity contribution is 6.22. The topological polar surface area (TPSA) is 0 Å². The van der Waals surface area contributed by atoms with E-state index in [0.717, 1.165) is 0 Å². The first-order valence-electron chi connectivity index (χ1n) is 21.4. The van der Waals surface area contributed by atoms with Crippen LogP contribution in [0.2, 0.25) is 0 Å². The van der Waals surface area contributed by atoms with Crippen LogP contribution in [0.4, 0.5) is 0 Å². The van der Waals surface area contributed by atoms with Crippen LogP contribution in [-0.4, -0.2) is 0 Å². The van der Waals surface area contributed by atoms with Gasteiger partial charge >= 0.3 is 0 Å². The lowest BCUT2D eigenvalue weighted by molar-refractivity contribution is 1.54. The monoisotopic (exact) mass is 786 g/mol. The molecule has 0 fully saturated rings. The average Bonchev–Trinajstić information content (AvgIpc) is 3.36. The van der Waals surface area contributed by atoms with Crippen LogP contribution in [0.15, 0.2) is 255 Å². The van der Waals surface area contributed by atoms with Gasteiger partial charge in [0, 0.05) is 0 Å². The molecular formula is C62H42. The number of hydrogen-bond acceptors (Lipinski definition) is 0. The number of rotatable bonds is 8. The van der Waals surface area contributed by atoms with Crippen LogP contribution < -0.4 is 0 Å². The third kappa shape index (κ3) is 6.98. The highest BCUT2D eigenvalue weighted by Gasteiger charge is 2.21. The van der Waals surface area contributed by atoms with Gasteiger partial charge in [-0.15, -0.1) is 0 Å². The largest absolute Gasteiger partial charge is 0.0622 e. The summed E-state index contributed by atoms with van der Waals surface area (Å²) in [6, 6.07) is 93.2. The number of hydrogen-bond donors (Lipinski definition) is 0. The van der Waals surface area contributed by atoms with E-state index in [-0.39, 0.29) is 0 Å². The molecule has 0 aliphatic heterocycles. The van der Waals surface area contributed by atoms with Gasteiger partial charge in [-0.1, -0.05) is 212 Å². The van der Waals surface area contributed by atoms with Gasteiger partial charge in [-0.2, -0.15) is 0 Å². The molecule has 0 spiro atoms. The summed E-state index contributed by atoms with van der Waals surface area (Å²) in [7, 11) is 0. The highest BCUT2D eigenvalue weighted by Crippen LogP contribution is 2.48. The molecule has 0 atom stereocenters. The molecule has 0 heteroatoms. The van der Waals surface area contributed by atoms with Gasteiger partial charge in [0.25, 0.3) is 0 Å². The van der Waals surface area contributed by atoms with E-state index >= 15 is 0 Å². The molecule has 11 aromatic rings. The molecule has 0 aliphatic carbocycles. The fourth-order valence-corrected chi connectivity index (χ4v) is 9.28. The zero-order valence-corrected chi connectivity index (χ0v) is 34.2. The standard InChI is InChI=1S/C62H42/c1-6-20-43(21-7-1)49-36-50(44-22-8-2-9-23-44)39-53(38-49)48-34-35-55(54-40-51(45-24-10-3-11-25-45)37-52(41-54)46-26-12-4-13-27-46)60(42-48)62-58-32-18-16-30-56(58)61(47-28-14-5-15-29-47)57-31-17-19-33-59(57)62/h1-42H. The zero-order valence-electron chi connectivity index (χ0n) is 34.2. The molecule has 0 aliphatic rings. The third-order valence-corrected chi connectivity index (χ3v) is 12.2. The van der Waals surface area contributed by atoms with Gasteiger partial charge in [0.2, 0.25) is 0 Å². The van der Waals surface area contributed by atoms with Gasteiger partial charge in [-0.3, -0.25) is 0 Å².